The molecule has 0 aliphatic carbocycles. The highest BCUT2D eigenvalue weighted by molar-refractivity contribution is 5.88. The number of benzene rings is 1. The summed E-state index contributed by atoms with van der Waals surface area (Å²) < 4.78 is 37.0. The van der Waals surface area contributed by atoms with Gasteiger partial charge in [-0.3, -0.25) is 4.79 Å². The van der Waals surface area contributed by atoms with Crippen LogP contribution in [-0.2, 0) is 17.8 Å². The molecule has 2 rings (SSSR count). The second kappa shape index (κ2) is 4.56. The van der Waals surface area contributed by atoms with Gasteiger partial charge in [0.1, 0.15) is 0 Å². The van der Waals surface area contributed by atoms with Crippen molar-refractivity contribution in [3.8, 4) is 0 Å². The maximum absolute atomic E-state index is 12.3. The van der Waals surface area contributed by atoms with E-state index in [1.165, 1.54) is 12.1 Å². The molecule has 1 aromatic rings. The lowest BCUT2D eigenvalue weighted by Gasteiger charge is -2.29. The maximum Gasteiger partial charge on any atom is 0.471 e. The molecule has 0 saturated carbocycles. The van der Waals surface area contributed by atoms with Gasteiger partial charge in [0.15, 0.2) is 0 Å². The number of alkyl halides is 3. The van der Waals surface area contributed by atoms with E-state index in [0.29, 0.717) is 10.5 Å². The second-order valence-corrected chi connectivity index (χ2v) is 4.26. The van der Waals surface area contributed by atoms with E-state index in [-0.39, 0.29) is 25.1 Å². The first-order valence-corrected chi connectivity index (χ1v) is 5.50. The zero-order valence-corrected chi connectivity index (χ0v) is 9.70. The summed E-state index contributed by atoms with van der Waals surface area (Å²) in [6.07, 6.45) is -4.61. The van der Waals surface area contributed by atoms with Crippen LogP contribution in [0.25, 0.3) is 0 Å². The van der Waals surface area contributed by atoms with E-state index in [2.05, 4.69) is 0 Å². The molecule has 102 valence electrons. The fourth-order valence-corrected chi connectivity index (χ4v) is 2.04. The first-order chi connectivity index (χ1) is 8.79. The van der Waals surface area contributed by atoms with Gasteiger partial charge in [0.05, 0.1) is 5.56 Å². The van der Waals surface area contributed by atoms with Gasteiger partial charge in [0.2, 0.25) is 0 Å². The number of amides is 1. The molecule has 0 aromatic heterocycles. The Morgan fingerprint density at radius 1 is 1.21 bits per heavy atom. The summed E-state index contributed by atoms with van der Waals surface area (Å²) in [6.45, 7) is -0.230. The van der Waals surface area contributed by atoms with Crippen molar-refractivity contribution >= 4 is 11.9 Å². The molecule has 1 aromatic carbocycles. The monoisotopic (exact) mass is 273 g/mol. The minimum atomic E-state index is -4.90. The van der Waals surface area contributed by atoms with E-state index < -0.39 is 18.1 Å². The number of rotatable bonds is 1. The molecule has 0 radical (unpaired) electrons. The Morgan fingerprint density at radius 2 is 1.89 bits per heavy atom. The lowest BCUT2D eigenvalue weighted by atomic mass is 9.97. The molecular weight excluding hydrogens is 263 g/mol. The van der Waals surface area contributed by atoms with Gasteiger partial charge in [-0.25, -0.2) is 4.79 Å². The van der Waals surface area contributed by atoms with E-state index >= 15 is 0 Å². The topological polar surface area (TPSA) is 57.6 Å². The van der Waals surface area contributed by atoms with Crippen molar-refractivity contribution in [1.82, 2.24) is 4.90 Å². The Morgan fingerprint density at radius 3 is 2.47 bits per heavy atom. The average molecular weight is 273 g/mol. The molecule has 1 N–H and O–H groups in total. The third-order valence-electron chi connectivity index (χ3n) is 3.00. The SMILES string of the molecule is O=C(O)c1ccc2c(c1)CN(C(=O)C(F)(F)F)CC2. The van der Waals surface area contributed by atoms with Crippen molar-refractivity contribution in [3.05, 3.63) is 34.9 Å². The largest absolute Gasteiger partial charge is 0.478 e. The molecule has 0 spiro atoms. The molecule has 1 aliphatic heterocycles. The van der Waals surface area contributed by atoms with E-state index in [4.69, 9.17) is 5.11 Å². The molecule has 1 aliphatic rings. The lowest BCUT2D eigenvalue weighted by molar-refractivity contribution is -0.186. The second-order valence-electron chi connectivity index (χ2n) is 4.26. The molecular formula is C12H10F3NO3. The van der Waals surface area contributed by atoms with Crippen molar-refractivity contribution in [1.29, 1.82) is 0 Å². The zero-order valence-electron chi connectivity index (χ0n) is 9.70. The number of hydrogen-bond donors (Lipinski definition) is 1. The summed E-state index contributed by atoms with van der Waals surface area (Å²) in [5.74, 6) is -3.04. The van der Waals surface area contributed by atoms with Crippen LogP contribution in [0.2, 0.25) is 0 Å². The molecule has 0 saturated heterocycles. The number of fused-ring (bicyclic) bond motifs is 1. The van der Waals surface area contributed by atoms with Crippen LogP contribution < -0.4 is 0 Å². The van der Waals surface area contributed by atoms with Gasteiger partial charge >= 0.3 is 18.1 Å². The van der Waals surface area contributed by atoms with Crippen molar-refractivity contribution in [2.24, 2.45) is 0 Å². The van der Waals surface area contributed by atoms with E-state index in [0.717, 1.165) is 5.56 Å². The number of hydrogen-bond acceptors (Lipinski definition) is 2. The predicted octanol–water partition coefficient (Wildman–Crippen LogP) is 1.83. The fraction of sp³-hybridized carbons (Fsp3) is 0.333. The first-order valence-electron chi connectivity index (χ1n) is 5.50. The van der Waals surface area contributed by atoms with E-state index in [9.17, 15) is 22.8 Å². The molecule has 7 heteroatoms. The minimum Gasteiger partial charge on any atom is -0.478 e. The third-order valence-corrected chi connectivity index (χ3v) is 3.00. The maximum atomic E-state index is 12.3. The van der Waals surface area contributed by atoms with Crippen molar-refractivity contribution < 1.29 is 27.9 Å². The Bertz CT molecular complexity index is 540. The molecule has 0 bridgehead atoms. The van der Waals surface area contributed by atoms with Crippen LogP contribution in [0.1, 0.15) is 21.5 Å². The summed E-state index contributed by atoms with van der Waals surface area (Å²) in [4.78, 5) is 22.6. The lowest BCUT2D eigenvalue weighted by Crippen LogP contribution is -2.43. The summed E-state index contributed by atoms with van der Waals surface area (Å²) in [5.41, 5.74) is 1.22. The predicted molar refractivity (Wildman–Crippen MR) is 58.6 cm³/mol. The number of carboxylic acid groups (broad SMARTS) is 1. The van der Waals surface area contributed by atoms with Gasteiger partial charge in [-0.2, -0.15) is 13.2 Å². The van der Waals surface area contributed by atoms with Crippen molar-refractivity contribution in [2.75, 3.05) is 6.54 Å². The third kappa shape index (κ3) is 2.69. The number of carbonyl (C=O) groups is 2. The van der Waals surface area contributed by atoms with Gasteiger partial charge in [-0.15, -0.1) is 0 Å². The number of carboxylic acids is 1. The number of carbonyl (C=O) groups excluding carboxylic acids is 1. The van der Waals surface area contributed by atoms with Gasteiger partial charge in [0, 0.05) is 13.1 Å². The summed E-state index contributed by atoms with van der Waals surface area (Å²) in [6, 6.07) is 4.30. The quantitative estimate of drug-likeness (QED) is 0.849. The average Bonchev–Trinajstić information content (AvgIpc) is 2.35. The number of nitrogens with zero attached hydrogens (tertiary/aromatic N) is 1. The van der Waals surface area contributed by atoms with Gasteiger partial charge < -0.3 is 10.0 Å². The standard InChI is InChI=1S/C12H10F3NO3/c13-12(14,15)11(19)16-4-3-7-1-2-8(10(17)18)5-9(7)6-16/h1-2,5H,3-4,6H2,(H,17,18). The summed E-state index contributed by atoms with van der Waals surface area (Å²) >= 11 is 0. The van der Waals surface area contributed by atoms with E-state index in [1.54, 1.807) is 6.07 Å². The Labute approximate surface area is 106 Å². The summed E-state index contributed by atoms with van der Waals surface area (Å²) in [7, 11) is 0. The molecule has 1 amide bonds. The number of aromatic carboxylic acids is 1. The number of halogens is 3. The fourth-order valence-electron chi connectivity index (χ4n) is 2.04. The van der Waals surface area contributed by atoms with Gasteiger partial charge in [-0.1, -0.05) is 6.07 Å². The highest BCUT2D eigenvalue weighted by Crippen LogP contribution is 2.25. The van der Waals surface area contributed by atoms with Gasteiger partial charge in [-0.05, 0) is 29.7 Å². The van der Waals surface area contributed by atoms with Crippen molar-refractivity contribution in [3.63, 3.8) is 0 Å². The molecule has 0 atom stereocenters. The molecule has 4 nitrogen and oxygen atoms in total. The van der Waals surface area contributed by atoms with Crippen LogP contribution in [0, 0.1) is 0 Å². The highest BCUT2D eigenvalue weighted by atomic mass is 19.4. The van der Waals surface area contributed by atoms with Crippen LogP contribution in [0.5, 0.6) is 0 Å². The molecule has 19 heavy (non-hydrogen) atoms. The molecule has 1 heterocycles. The van der Waals surface area contributed by atoms with Crippen LogP contribution in [-0.4, -0.2) is 34.6 Å². The highest BCUT2D eigenvalue weighted by Gasteiger charge is 2.43. The van der Waals surface area contributed by atoms with Crippen LogP contribution >= 0.6 is 0 Å². The first kappa shape index (κ1) is 13.4. The van der Waals surface area contributed by atoms with Gasteiger partial charge in [0.25, 0.3) is 0 Å². The smallest absolute Gasteiger partial charge is 0.471 e. The minimum absolute atomic E-state index is 0.0000534. The van der Waals surface area contributed by atoms with Crippen LogP contribution in [0.15, 0.2) is 18.2 Å². The molecule has 0 fully saturated rings. The van der Waals surface area contributed by atoms with Crippen LogP contribution in [0.3, 0.4) is 0 Å². The Hall–Kier alpha value is -2.05. The Kier molecular flexibility index (Phi) is 3.21. The normalized spacial score (nSPS) is 15.0. The molecule has 0 unspecified atom stereocenters. The van der Waals surface area contributed by atoms with Crippen LogP contribution in [0.4, 0.5) is 13.2 Å². The van der Waals surface area contributed by atoms with E-state index in [1.807, 2.05) is 0 Å². The van der Waals surface area contributed by atoms with Crippen molar-refractivity contribution in [2.45, 2.75) is 19.1 Å². The zero-order chi connectivity index (χ0) is 14.2. The summed E-state index contributed by atoms with van der Waals surface area (Å²) in [5, 5.41) is 8.83. The Balaban J connectivity index is 2.25.